The Morgan fingerprint density at radius 2 is 2.23 bits per heavy atom. The van der Waals surface area contributed by atoms with E-state index < -0.39 is 0 Å². The molecule has 66 valence electrons. The third-order valence-electron chi connectivity index (χ3n) is 1.46. The average Bonchev–Trinajstić information content (AvgIpc) is 2.18. The molecule has 0 amide bonds. The topological polar surface area (TPSA) is 46.1 Å². The van der Waals surface area contributed by atoms with Crippen LogP contribution >= 0.6 is 0 Å². The van der Waals surface area contributed by atoms with Crippen molar-refractivity contribution in [2.45, 2.75) is 0 Å². The van der Waals surface area contributed by atoms with Gasteiger partial charge in [0.15, 0.2) is 6.29 Å². The van der Waals surface area contributed by atoms with Gasteiger partial charge in [-0.05, 0) is 0 Å². The molecular weight excluding hydrogens is 166 g/mol. The minimum absolute atomic E-state index is 0.445. The molecule has 0 N–H and O–H groups in total. The molecule has 0 aliphatic heterocycles. The summed E-state index contributed by atoms with van der Waals surface area (Å²) < 4.78 is 0. The van der Waals surface area contributed by atoms with Gasteiger partial charge in [-0.15, -0.1) is 6.42 Å². The summed E-state index contributed by atoms with van der Waals surface area (Å²) in [6.07, 6.45) is 8.74. The van der Waals surface area contributed by atoms with E-state index >= 15 is 0 Å². The Balaban J connectivity index is 2.80. The van der Waals surface area contributed by atoms with E-state index in [1.807, 2.05) is 0 Å². The number of carbonyl (C=O) groups is 1. The van der Waals surface area contributed by atoms with Crippen LogP contribution in [0.3, 0.4) is 0 Å². The summed E-state index contributed by atoms with van der Waals surface area (Å²) in [4.78, 5) is 19.9. The number of carbonyl (C=O) groups excluding carboxylic acids is 1. The lowest BCUT2D eigenvalue weighted by Gasteiger charge is -2.12. The van der Waals surface area contributed by atoms with E-state index in [2.05, 4.69) is 15.9 Å². The molecule has 1 aromatic heterocycles. The number of terminal acetylenes is 1. The van der Waals surface area contributed by atoms with Crippen LogP contribution in [0.25, 0.3) is 0 Å². The van der Waals surface area contributed by atoms with Gasteiger partial charge in [-0.1, -0.05) is 5.92 Å². The minimum Gasteiger partial charge on any atom is -0.333 e. The summed E-state index contributed by atoms with van der Waals surface area (Å²) in [6, 6.07) is 0. The number of aromatic nitrogens is 2. The Hall–Kier alpha value is -1.89. The number of hydrogen-bond donors (Lipinski definition) is 0. The van der Waals surface area contributed by atoms with E-state index in [9.17, 15) is 4.79 Å². The zero-order valence-electron chi connectivity index (χ0n) is 7.27. The summed E-state index contributed by atoms with van der Waals surface area (Å²) >= 11 is 0. The van der Waals surface area contributed by atoms with Crippen LogP contribution in [0, 0.1) is 12.3 Å². The van der Waals surface area contributed by atoms with Gasteiger partial charge in [0.2, 0.25) is 5.95 Å². The first-order valence-corrected chi connectivity index (χ1v) is 3.69. The van der Waals surface area contributed by atoms with Gasteiger partial charge < -0.3 is 4.90 Å². The van der Waals surface area contributed by atoms with E-state index in [0.717, 1.165) is 0 Å². The molecule has 0 saturated heterocycles. The van der Waals surface area contributed by atoms with Gasteiger partial charge in [0.05, 0.1) is 12.1 Å². The normalized spacial score (nSPS) is 8.92. The lowest BCUT2D eigenvalue weighted by Crippen LogP contribution is -2.19. The zero-order chi connectivity index (χ0) is 9.68. The van der Waals surface area contributed by atoms with Gasteiger partial charge in [-0.3, -0.25) is 4.79 Å². The molecule has 0 bridgehead atoms. The van der Waals surface area contributed by atoms with Crippen molar-refractivity contribution < 1.29 is 4.79 Å². The van der Waals surface area contributed by atoms with Crippen molar-refractivity contribution >= 4 is 12.2 Å². The summed E-state index contributed by atoms with van der Waals surface area (Å²) in [5.74, 6) is 2.99. The second-order valence-corrected chi connectivity index (χ2v) is 2.49. The van der Waals surface area contributed by atoms with E-state index in [1.54, 1.807) is 11.9 Å². The van der Waals surface area contributed by atoms with Gasteiger partial charge in [-0.2, -0.15) is 0 Å². The van der Waals surface area contributed by atoms with Gasteiger partial charge in [0.1, 0.15) is 0 Å². The van der Waals surface area contributed by atoms with Crippen molar-refractivity contribution in [2.24, 2.45) is 0 Å². The second kappa shape index (κ2) is 4.21. The lowest BCUT2D eigenvalue weighted by atomic mass is 10.4. The summed E-state index contributed by atoms with van der Waals surface area (Å²) in [7, 11) is 1.79. The number of nitrogens with zero attached hydrogens (tertiary/aromatic N) is 3. The third kappa shape index (κ3) is 2.27. The first-order chi connectivity index (χ1) is 6.27. The zero-order valence-corrected chi connectivity index (χ0v) is 7.27. The Bertz CT molecular complexity index is 326. The standard InChI is InChI=1S/C9H9N3O/c1-3-4-12(2)9-10-5-8(7-13)6-11-9/h1,5-7H,4H2,2H3. The fraction of sp³-hybridized carbons (Fsp3) is 0.222. The highest BCUT2D eigenvalue weighted by Gasteiger charge is 2.01. The Morgan fingerprint density at radius 3 is 2.69 bits per heavy atom. The quantitative estimate of drug-likeness (QED) is 0.491. The van der Waals surface area contributed by atoms with Crippen LogP contribution < -0.4 is 4.90 Å². The monoisotopic (exact) mass is 175 g/mol. The first kappa shape index (κ1) is 9.20. The highest BCUT2D eigenvalue weighted by molar-refractivity contribution is 5.73. The van der Waals surface area contributed by atoms with Crippen LogP contribution in [-0.4, -0.2) is 29.8 Å². The third-order valence-corrected chi connectivity index (χ3v) is 1.46. The van der Waals surface area contributed by atoms with Gasteiger partial charge in [0, 0.05) is 19.4 Å². The van der Waals surface area contributed by atoms with Crippen LogP contribution in [0.2, 0.25) is 0 Å². The highest BCUT2D eigenvalue weighted by Crippen LogP contribution is 2.02. The van der Waals surface area contributed by atoms with Crippen molar-refractivity contribution in [3.63, 3.8) is 0 Å². The maximum atomic E-state index is 10.3. The second-order valence-electron chi connectivity index (χ2n) is 2.49. The Morgan fingerprint density at radius 1 is 1.62 bits per heavy atom. The highest BCUT2D eigenvalue weighted by atomic mass is 16.1. The molecule has 0 atom stereocenters. The first-order valence-electron chi connectivity index (χ1n) is 3.69. The lowest BCUT2D eigenvalue weighted by molar-refractivity contribution is 0.112. The molecule has 4 heteroatoms. The molecule has 0 aliphatic carbocycles. The Labute approximate surface area is 76.6 Å². The molecule has 1 heterocycles. The van der Waals surface area contributed by atoms with Gasteiger partial charge >= 0.3 is 0 Å². The number of rotatable bonds is 3. The molecular formula is C9H9N3O. The van der Waals surface area contributed by atoms with Crippen molar-refractivity contribution in [2.75, 3.05) is 18.5 Å². The number of anilines is 1. The average molecular weight is 175 g/mol. The van der Waals surface area contributed by atoms with Crippen LogP contribution in [0.5, 0.6) is 0 Å². The van der Waals surface area contributed by atoms with Crippen molar-refractivity contribution in [3.8, 4) is 12.3 Å². The van der Waals surface area contributed by atoms with E-state index in [-0.39, 0.29) is 0 Å². The smallest absolute Gasteiger partial charge is 0.225 e. The van der Waals surface area contributed by atoms with E-state index in [1.165, 1.54) is 12.4 Å². The molecule has 0 unspecified atom stereocenters. The predicted molar refractivity (Wildman–Crippen MR) is 49.5 cm³/mol. The summed E-state index contributed by atoms with van der Waals surface area (Å²) in [5, 5.41) is 0. The SMILES string of the molecule is C#CCN(C)c1ncc(C=O)cn1. The number of aldehydes is 1. The van der Waals surface area contributed by atoms with Gasteiger partial charge in [0.25, 0.3) is 0 Å². The molecule has 1 aromatic rings. The van der Waals surface area contributed by atoms with Crippen molar-refractivity contribution in [3.05, 3.63) is 18.0 Å². The van der Waals surface area contributed by atoms with Crippen molar-refractivity contribution in [1.82, 2.24) is 9.97 Å². The summed E-state index contributed by atoms with van der Waals surface area (Å²) in [5.41, 5.74) is 0.456. The molecule has 13 heavy (non-hydrogen) atoms. The molecule has 0 aliphatic rings. The predicted octanol–water partition coefficient (Wildman–Crippen LogP) is 0.359. The maximum Gasteiger partial charge on any atom is 0.225 e. The Kier molecular flexibility index (Phi) is 2.98. The van der Waals surface area contributed by atoms with E-state index in [0.29, 0.717) is 24.3 Å². The van der Waals surface area contributed by atoms with Crippen LogP contribution in [0.1, 0.15) is 10.4 Å². The van der Waals surface area contributed by atoms with E-state index in [4.69, 9.17) is 6.42 Å². The van der Waals surface area contributed by atoms with Gasteiger partial charge in [-0.25, -0.2) is 9.97 Å². The molecule has 0 fully saturated rings. The molecule has 0 aromatic carbocycles. The maximum absolute atomic E-state index is 10.3. The minimum atomic E-state index is 0.445. The molecule has 0 spiro atoms. The molecule has 0 radical (unpaired) electrons. The largest absolute Gasteiger partial charge is 0.333 e. The van der Waals surface area contributed by atoms with Crippen molar-refractivity contribution in [1.29, 1.82) is 0 Å². The fourth-order valence-electron chi connectivity index (χ4n) is 0.797. The summed E-state index contributed by atoms with van der Waals surface area (Å²) in [6.45, 7) is 0.445. The molecule has 0 saturated carbocycles. The fourth-order valence-corrected chi connectivity index (χ4v) is 0.797. The van der Waals surface area contributed by atoms with Crippen LogP contribution in [0.15, 0.2) is 12.4 Å². The molecule has 4 nitrogen and oxygen atoms in total. The number of hydrogen-bond acceptors (Lipinski definition) is 4. The van der Waals surface area contributed by atoms with Crippen LogP contribution in [-0.2, 0) is 0 Å². The van der Waals surface area contributed by atoms with Crippen LogP contribution in [0.4, 0.5) is 5.95 Å². The molecule has 1 rings (SSSR count).